The summed E-state index contributed by atoms with van der Waals surface area (Å²) < 4.78 is 0. The predicted molar refractivity (Wildman–Crippen MR) is 56.3 cm³/mol. The van der Waals surface area contributed by atoms with Crippen LogP contribution in [0.15, 0.2) is 0 Å². The highest BCUT2D eigenvalue weighted by Gasteiger charge is 2.35. The van der Waals surface area contributed by atoms with Gasteiger partial charge < -0.3 is 11.1 Å². The van der Waals surface area contributed by atoms with E-state index in [9.17, 15) is 4.79 Å². The molecule has 3 atom stereocenters. The standard InChI is InChI=1S/C9H16N2OS/c1-3-6(8(10)13)9(12)11-7-4-5(7)2/h5-7H,3-4H2,1-2H3,(H2,10,13)(H,11,12). The molecule has 74 valence electrons. The van der Waals surface area contributed by atoms with Crippen molar-refractivity contribution in [1.82, 2.24) is 5.32 Å². The van der Waals surface area contributed by atoms with Gasteiger partial charge >= 0.3 is 0 Å². The number of hydrogen-bond donors (Lipinski definition) is 2. The molecule has 1 saturated carbocycles. The van der Waals surface area contributed by atoms with Crippen LogP contribution in [0.1, 0.15) is 26.7 Å². The topological polar surface area (TPSA) is 55.1 Å². The van der Waals surface area contributed by atoms with Gasteiger partial charge in [-0.3, -0.25) is 4.79 Å². The highest BCUT2D eigenvalue weighted by Crippen LogP contribution is 2.29. The van der Waals surface area contributed by atoms with Crippen molar-refractivity contribution in [3.8, 4) is 0 Å². The minimum Gasteiger partial charge on any atom is -0.393 e. The number of carbonyl (C=O) groups excluding carboxylic acids is 1. The third kappa shape index (κ3) is 2.66. The van der Waals surface area contributed by atoms with E-state index >= 15 is 0 Å². The number of carbonyl (C=O) groups is 1. The second-order valence-electron chi connectivity index (χ2n) is 3.69. The summed E-state index contributed by atoms with van der Waals surface area (Å²) >= 11 is 4.81. The molecular weight excluding hydrogens is 184 g/mol. The van der Waals surface area contributed by atoms with E-state index in [1.807, 2.05) is 6.92 Å². The Balaban J connectivity index is 2.40. The molecule has 1 rings (SSSR count). The summed E-state index contributed by atoms with van der Waals surface area (Å²) in [6.07, 6.45) is 1.77. The average Bonchev–Trinajstić information content (AvgIpc) is 2.66. The molecule has 0 radical (unpaired) electrons. The molecule has 0 heterocycles. The molecule has 0 aliphatic heterocycles. The number of amides is 1. The molecule has 0 bridgehead atoms. The third-order valence-corrected chi connectivity index (χ3v) is 2.79. The SMILES string of the molecule is CCC(C(=O)NC1CC1C)C(N)=S. The summed E-state index contributed by atoms with van der Waals surface area (Å²) in [7, 11) is 0. The zero-order valence-corrected chi connectivity index (χ0v) is 8.86. The molecule has 13 heavy (non-hydrogen) atoms. The predicted octanol–water partition coefficient (Wildman–Crippen LogP) is 0.823. The Morgan fingerprint density at radius 2 is 2.31 bits per heavy atom. The van der Waals surface area contributed by atoms with Crippen molar-refractivity contribution in [3.63, 3.8) is 0 Å². The van der Waals surface area contributed by atoms with Gasteiger partial charge in [0.1, 0.15) is 0 Å². The number of rotatable bonds is 4. The smallest absolute Gasteiger partial charge is 0.230 e. The lowest BCUT2D eigenvalue weighted by Gasteiger charge is -2.12. The van der Waals surface area contributed by atoms with E-state index in [2.05, 4.69) is 12.2 Å². The van der Waals surface area contributed by atoms with Gasteiger partial charge in [-0.25, -0.2) is 0 Å². The summed E-state index contributed by atoms with van der Waals surface area (Å²) in [5.74, 6) is 0.319. The fraction of sp³-hybridized carbons (Fsp3) is 0.778. The molecule has 0 spiro atoms. The van der Waals surface area contributed by atoms with Crippen molar-refractivity contribution in [2.75, 3.05) is 0 Å². The molecule has 0 aromatic heterocycles. The maximum Gasteiger partial charge on any atom is 0.230 e. The Morgan fingerprint density at radius 1 is 1.77 bits per heavy atom. The lowest BCUT2D eigenvalue weighted by Crippen LogP contribution is -2.38. The van der Waals surface area contributed by atoms with Crippen LogP contribution in [-0.4, -0.2) is 16.9 Å². The molecule has 0 saturated heterocycles. The molecule has 1 amide bonds. The van der Waals surface area contributed by atoms with Crippen molar-refractivity contribution >= 4 is 23.1 Å². The first kappa shape index (κ1) is 10.4. The summed E-state index contributed by atoms with van der Waals surface area (Å²) in [4.78, 5) is 11.8. The van der Waals surface area contributed by atoms with Gasteiger partial charge in [-0.05, 0) is 18.8 Å². The maximum absolute atomic E-state index is 11.5. The lowest BCUT2D eigenvalue weighted by molar-refractivity contribution is -0.123. The normalized spacial score (nSPS) is 27.8. The number of nitrogens with two attached hydrogens (primary N) is 1. The van der Waals surface area contributed by atoms with Gasteiger partial charge in [0.2, 0.25) is 5.91 Å². The van der Waals surface area contributed by atoms with Crippen LogP contribution < -0.4 is 11.1 Å². The van der Waals surface area contributed by atoms with Crippen molar-refractivity contribution in [2.45, 2.75) is 32.7 Å². The average molecular weight is 200 g/mol. The molecule has 1 aliphatic rings. The summed E-state index contributed by atoms with van der Waals surface area (Å²) in [5, 5.41) is 2.93. The van der Waals surface area contributed by atoms with Gasteiger partial charge in [-0.1, -0.05) is 26.1 Å². The molecular formula is C9H16N2OS. The number of thiocarbonyl (C=S) groups is 1. The lowest BCUT2D eigenvalue weighted by atomic mass is 10.1. The first-order valence-electron chi connectivity index (χ1n) is 4.66. The van der Waals surface area contributed by atoms with Crippen molar-refractivity contribution in [3.05, 3.63) is 0 Å². The molecule has 1 fully saturated rings. The van der Waals surface area contributed by atoms with Gasteiger partial charge in [0.25, 0.3) is 0 Å². The van der Waals surface area contributed by atoms with Crippen LogP contribution in [0.25, 0.3) is 0 Å². The highest BCUT2D eigenvalue weighted by atomic mass is 32.1. The largest absolute Gasteiger partial charge is 0.393 e. The second kappa shape index (κ2) is 4.05. The number of nitrogens with one attached hydrogen (secondary N) is 1. The molecule has 0 aromatic rings. The fourth-order valence-corrected chi connectivity index (χ4v) is 1.60. The van der Waals surface area contributed by atoms with Crippen LogP contribution in [0.5, 0.6) is 0 Å². The Kier molecular flexibility index (Phi) is 3.25. The minimum atomic E-state index is -0.289. The summed E-state index contributed by atoms with van der Waals surface area (Å²) in [5.41, 5.74) is 5.45. The van der Waals surface area contributed by atoms with E-state index in [1.165, 1.54) is 0 Å². The van der Waals surface area contributed by atoms with E-state index in [0.717, 1.165) is 6.42 Å². The third-order valence-electron chi connectivity index (χ3n) is 2.51. The molecule has 3 N–H and O–H groups in total. The highest BCUT2D eigenvalue weighted by molar-refractivity contribution is 7.80. The zero-order chi connectivity index (χ0) is 10.0. The quantitative estimate of drug-likeness (QED) is 0.661. The van der Waals surface area contributed by atoms with E-state index in [-0.39, 0.29) is 11.8 Å². The van der Waals surface area contributed by atoms with Crippen LogP contribution in [-0.2, 0) is 4.79 Å². The van der Waals surface area contributed by atoms with Crippen molar-refractivity contribution in [2.24, 2.45) is 17.6 Å². The van der Waals surface area contributed by atoms with Gasteiger partial charge in [-0.15, -0.1) is 0 Å². The van der Waals surface area contributed by atoms with Crippen LogP contribution in [0.3, 0.4) is 0 Å². The summed E-state index contributed by atoms with van der Waals surface area (Å²) in [6, 6.07) is 0.357. The minimum absolute atomic E-state index is 0.00986. The van der Waals surface area contributed by atoms with Gasteiger partial charge in [0.15, 0.2) is 0 Å². The molecule has 3 nitrogen and oxygen atoms in total. The van der Waals surface area contributed by atoms with Gasteiger partial charge in [-0.2, -0.15) is 0 Å². The molecule has 3 unspecified atom stereocenters. The first-order chi connectivity index (χ1) is 6.06. The van der Waals surface area contributed by atoms with Crippen LogP contribution >= 0.6 is 12.2 Å². The van der Waals surface area contributed by atoms with E-state index in [4.69, 9.17) is 18.0 Å². The van der Waals surface area contributed by atoms with Crippen LogP contribution in [0.4, 0.5) is 0 Å². The van der Waals surface area contributed by atoms with E-state index in [1.54, 1.807) is 0 Å². The van der Waals surface area contributed by atoms with Crippen molar-refractivity contribution < 1.29 is 4.79 Å². The van der Waals surface area contributed by atoms with Gasteiger partial charge in [0, 0.05) is 6.04 Å². The molecule has 1 aliphatic carbocycles. The fourth-order valence-electron chi connectivity index (χ4n) is 1.32. The first-order valence-corrected chi connectivity index (χ1v) is 5.06. The molecule has 4 heteroatoms. The monoisotopic (exact) mass is 200 g/mol. The number of hydrogen-bond acceptors (Lipinski definition) is 2. The van der Waals surface area contributed by atoms with E-state index in [0.29, 0.717) is 23.4 Å². The maximum atomic E-state index is 11.5. The summed E-state index contributed by atoms with van der Waals surface area (Å²) in [6.45, 7) is 4.03. The van der Waals surface area contributed by atoms with Crippen molar-refractivity contribution in [1.29, 1.82) is 0 Å². The molecule has 0 aromatic carbocycles. The van der Waals surface area contributed by atoms with Crippen LogP contribution in [0, 0.1) is 11.8 Å². The second-order valence-corrected chi connectivity index (χ2v) is 4.16. The Bertz CT molecular complexity index is 230. The Labute approximate surface area is 84.1 Å². The Hall–Kier alpha value is -0.640. The van der Waals surface area contributed by atoms with E-state index < -0.39 is 0 Å². The zero-order valence-electron chi connectivity index (χ0n) is 8.04. The van der Waals surface area contributed by atoms with Gasteiger partial charge in [0.05, 0.1) is 10.9 Å². The Morgan fingerprint density at radius 3 is 2.62 bits per heavy atom. The van der Waals surface area contributed by atoms with Crippen LogP contribution in [0.2, 0.25) is 0 Å².